The molecule has 2 N–H and O–H groups in total. The summed E-state index contributed by atoms with van der Waals surface area (Å²) in [6, 6.07) is 8.12. The highest BCUT2D eigenvalue weighted by Crippen LogP contribution is 2.47. The van der Waals surface area contributed by atoms with Crippen molar-refractivity contribution in [3.8, 4) is 11.5 Å². The molecular formula is C20H19F3N2O5S. The Labute approximate surface area is 176 Å². The molecule has 1 aliphatic carbocycles. The van der Waals surface area contributed by atoms with Crippen molar-refractivity contribution >= 4 is 21.6 Å². The van der Waals surface area contributed by atoms with Gasteiger partial charge in [0.2, 0.25) is 15.9 Å². The summed E-state index contributed by atoms with van der Waals surface area (Å²) in [5.41, 5.74) is -0.721. The lowest BCUT2D eigenvalue weighted by Crippen LogP contribution is -2.34. The molecule has 0 aromatic heterocycles. The number of ether oxygens (including phenoxy) is 2. The monoisotopic (exact) mass is 456 g/mol. The lowest BCUT2D eigenvalue weighted by molar-refractivity contribution is -0.137. The first-order chi connectivity index (χ1) is 14.6. The highest BCUT2D eigenvalue weighted by Gasteiger charge is 2.44. The molecule has 0 unspecified atom stereocenters. The molecule has 31 heavy (non-hydrogen) atoms. The number of anilines is 1. The fourth-order valence-electron chi connectivity index (χ4n) is 3.58. The van der Waals surface area contributed by atoms with Gasteiger partial charge >= 0.3 is 6.18 Å². The van der Waals surface area contributed by atoms with Crippen molar-refractivity contribution < 1.29 is 35.9 Å². The molecule has 1 spiro atoms. The van der Waals surface area contributed by atoms with Crippen LogP contribution >= 0.6 is 0 Å². The van der Waals surface area contributed by atoms with Crippen molar-refractivity contribution in [3.63, 3.8) is 0 Å². The van der Waals surface area contributed by atoms with E-state index in [9.17, 15) is 26.4 Å². The number of carbonyl (C=O) groups excluding carboxylic acids is 1. The Morgan fingerprint density at radius 3 is 2.45 bits per heavy atom. The van der Waals surface area contributed by atoms with Crippen LogP contribution in [0.15, 0.2) is 47.4 Å². The summed E-state index contributed by atoms with van der Waals surface area (Å²) in [4.78, 5) is 11.6. The number of rotatable bonds is 5. The molecule has 166 valence electrons. The van der Waals surface area contributed by atoms with E-state index >= 15 is 0 Å². The molecule has 0 bridgehead atoms. The maximum Gasteiger partial charge on any atom is 0.416 e. The summed E-state index contributed by atoms with van der Waals surface area (Å²) in [5, 5.41) is 2.53. The third-order valence-electron chi connectivity index (χ3n) is 5.08. The lowest BCUT2D eigenvalue weighted by Gasteiger charge is -2.21. The van der Waals surface area contributed by atoms with Crippen LogP contribution in [0.4, 0.5) is 18.9 Å². The van der Waals surface area contributed by atoms with E-state index in [2.05, 4.69) is 5.32 Å². The van der Waals surface area contributed by atoms with Gasteiger partial charge in [-0.2, -0.15) is 13.2 Å². The Bertz CT molecular complexity index is 1110. The highest BCUT2D eigenvalue weighted by molar-refractivity contribution is 7.89. The van der Waals surface area contributed by atoms with E-state index in [1.54, 1.807) is 18.2 Å². The van der Waals surface area contributed by atoms with E-state index in [0.717, 1.165) is 43.9 Å². The lowest BCUT2D eigenvalue weighted by atomic mass is 10.2. The average Bonchev–Trinajstić information content (AvgIpc) is 3.31. The number of carbonyl (C=O) groups is 1. The van der Waals surface area contributed by atoms with Crippen LogP contribution in [0.5, 0.6) is 11.5 Å². The molecule has 0 radical (unpaired) electrons. The number of hydrogen-bond donors (Lipinski definition) is 2. The normalized spacial score (nSPS) is 17.1. The molecule has 2 aliphatic rings. The Morgan fingerprint density at radius 1 is 1.03 bits per heavy atom. The van der Waals surface area contributed by atoms with Crippen LogP contribution < -0.4 is 19.5 Å². The van der Waals surface area contributed by atoms with Crippen LogP contribution in [0.3, 0.4) is 0 Å². The average molecular weight is 456 g/mol. The predicted octanol–water partition coefficient (Wildman–Crippen LogP) is 3.66. The molecule has 0 atom stereocenters. The number of amides is 1. The Morgan fingerprint density at radius 2 is 1.74 bits per heavy atom. The summed E-state index contributed by atoms with van der Waals surface area (Å²) in [6.45, 7) is -0.656. The Kier molecular flexibility index (Phi) is 5.34. The van der Waals surface area contributed by atoms with Gasteiger partial charge in [-0.1, -0.05) is 6.07 Å². The van der Waals surface area contributed by atoms with Crippen molar-refractivity contribution in [2.75, 3.05) is 11.9 Å². The molecule has 2 aromatic carbocycles. The summed E-state index contributed by atoms with van der Waals surface area (Å²) in [6.07, 6.45) is -1.12. The fraction of sp³-hybridized carbons (Fsp3) is 0.350. The minimum Gasteiger partial charge on any atom is -0.448 e. The van der Waals surface area contributed by atoms with Gasteiger partial charge in [-0.05, 0) is 43.2 Å². The molecule has 11 heteroatoms. The van der Waals surface area contributed by atoms with Crippen LogP contribution in [0, 0.1) is 0 Å². The number of benzene rings is 2. The van der Waals surface area contributed by atoms with Crippen molar-refractivity contribution in [3.05, 3.63) is 48.0 Å². The molecule has 1 heterocycles. The molecule has 1 saturated carbocycles. The largest absolute Gasteiger partial charge is 0.448 e. The standard InChI is InChI=1S/C20H19F3N2O5S/c21-20(22,23)13-4-3-5-15(10-13)31(27,28)24-12-18(26)25-14-6-7-16-17(11-14)30-19(29-16)8-1-2-9-19/h3-7,10-11,24H,1-2,8-9,12H2,(H,25,26). The van der Waals surface area contributed by atoms with Gasteiger partial charge in [0.25, 0.3) is 5.79 Å². The number of fused-ring (bicyclic) bond motifs is 1. The number of sulfonamides is 1. The fourth-order valence-corrected chi connectivity index (χ4v) is 4.61. The van der Waals surface area contributed by atoms with E-state index in [1.807, 2.05) is 4.72 Å². The number of hydrogen-bond acceptors (Lipinski definition) is 5. The first-order valence-electron chi connectivity index (χ1n) is 9.55. The third kappa shape index (κ3) is 4.62. The van der Waals surface area contributed by atoms with Gasteiger partial charge in [-0.15, -0.1) is 0 Å². The molecule has 7 nitrogen and oxygen atoms in total. The molecular weight excluding hydrogens is 437 g/mol. The minimum absolute atomic E-state index is 0.376. The summed E-state index contributed by atoms with van der Waals surface area (Å²) in [7, 11) is -4.31. The summed E-state index contributed by atoms with van der Waals surface area (Å²) < 4.78 is 76.8. The van der Waals surface area contributed by atoms with Crippen LogP contribution in [-0.2, 0) is 21.0 Å². The Hall–Kier alpha value is -2.79. The molecule has 1 aliphatic heterocycles. The van der Waals surface area contributed by atoms with E-state index in [0.29, 0.717) is 23.3 Å². The van der Waals surface area contributed by atoms with Gasteiger partial charge in [0.15, 0.2) is 11.5 Å². The van der Waals surface area contributed by atoms with Gasteiger partial charge < -0.3 is 14.8 Å². The molecule has 2 aromatic rings. The molecule has 1 amide bonds. The van der Waals surface area contributed by atoms with Crippen molar-refractivity contribution in [2.45, 2.75) is 42.5 Å². The number of alkyl halides is 3. The second kappa shape index (κ2) is 7.72. The van der Waals surface area contributed by atoms with E-state index in [1.165, 1.54) is 0 Å². The first-order valence-corrected chi connectivity index (χ1v) is 11.0. The van der Waals surface area contributed by atoms with Crippen LogP contribution in [-0.4, -0.2) is 26.7 Å². The SMILES string of the molecule is O=C(CNS(=O)(=O)c1cccc(C(F)(F)F)c1)Nc1ccc2c(c1)OC1(CCCC1)O2. The smallest absolute Gasteiger partial charge is 0.416 e. The van der Waals surface area contributed by atoms with Crippen LogP contribution in [0.1, 0.15) is 31.2 Å². The van der Waals surface area contributed by atoms with Crippen LogP contribution in [0.25, 0.3) is 0 Å². The van der Waals surface area contributed by atoms with Gasteiger partial charge in [0.05, 0.1) is 17.0 Å². The maximum absolute atomic E-state index is 12.8. The zero-order chi connectivity index (χ0) is 22.3. The topological polar surface area (TPSA) is 93.7 Å². The Balaban J connectivity index is 1.38. The van der Waals surface area contributed by atoms with Gasteiger partial charge in [-0.3, -0.25) is 4.79 Å². The molecule has 0 saturated heterocycles. The van der Waals surface area contributed by atoms with Crippen LogP contribution in [0.2, 0.25) is 0 Å². The van der Waals surface area contributed by atoms with Gasteiger partial charge in [-0.25, -0.2) is 13.1 Å². The highest BCUT2D eigenvalue weighted by atomic mass is 32.2. The zero-order valence-corrected chi connectivity index (χ0v) is 17.0. The minimum atomic E-state index is -4.68. The van der Waals surface area contributed by atoms with E-state index in [4.69, 9.17) is 9.47 Å². The van der Waals surface area contributed by atoms with Crippen molar-refractivity contribution in [2.24, 2.45) is 0 Å². The molecule has 1 fully saturated rings. The quantitative estimate of drug-likeness (QED) is 0.716. The number of nitrogens with one attached hydrogen (secondary N) is 2. The number of halogens is 3. The third-order valence-corrected chi connectivity index (χ3v) is 6.48. The van der Waals surface area contributed by atoms with E-state index in [-0.39, 0.29) is 0 Å². The second-order valence-corrected chi connectivity index (χ2v) is 9.15. The second-order valence-electron chi connectivity index (χ2n) is 7.38. The summed E-state index contributed by atoms with van der Waals surface area (Å²) in [5.74, 6) is -0.273. The van der Waals surface area contributed by atoms with Crippen molar-refractivity contribution in [1.82, 2.24) is 4.72 Å². The predicted molar refractivity (Wildman–Crippen MR) is 104 cm³/mol. The maximum atomic E-state index is 12.8. The summed E-state index contributed by atoms with van der Waals surface area (Å²) >= 11 is 0. The van der Waals surface area contributed by atoms with Crippen molar-refractivity contribution in [1.29, 1.82) is 0 Å². The van der Waals surface area contributed by atoms with Gasteiger partial charge in [0.1, 0.15) is 0 Å². The van der Waals surface area contributed by atoms with E-state index < -0.39 is 44.9 Å². The van der Waals surface area contributed by atoms with Gasteiger partial charge in [0, 0.05) is 24.6 Å². The zero-order valence-electron chi connectivity index (χ0n) is 16.2. The first kappa shape index (κ1) is 21.4. The molecule has 4 rings (SSSR count).